The van der Waals surface area contributed by atoms with E-state index in [1.807, 2.05) is 6.07 Å². The first kappa shape index (κ1) is 15.8. The average molecular weight is 289 g/mol. The van der Waals surface area contributed by atoms with Crippen molar-refractivity contribution in [2.45, 2.75) is 13.0 Å². The van der Waals surface area contributed by atoms with E-state index in [-0.39, 0.29) is 6.61 Å². The lowest BCUT2D eigenvalue weighted by Gasteiger charge is -2.34. The average Bonchev–Trinajstić information content (AvgIpc) is 2.54. The third-order valence-corrected chi connectivity index (χ3v) is 3.82. The lowest BCUT2D eigenvalue weighted by molar-refractivity contribution is 0.0470. The number of ether oxygens (including phenoxy) is 1. The van der Waals surface area contributed by atoms with Crippen molar-refractivity contribution in [2.24, 2.45) is 0 Å². The summed E-state index contributed by atoms with van der Waals surface area (Å²) in [5.74, 6) is 0.537. The zero-order chi connectivity index (χ0) is 15.1. The lowest BCUT2D eigenvalue weighted by atomic mass is 10.2. The number of benzene rings is 1. The van der Waals surface area contributed by atoms with E-state index in [1.165, 1.54) is 0 Å². The van der Waals surface area contributed by atoms with Gasteiger partial charge in [-0.3, -0.25) is 4.90 Å². The number of nitriles is 1. The Balaban J connectivity index is 1.75. The molecule has 0 saturated carbocycles. The van der Waals surface area contributed by atoms with Crippen LogP contribution in [0.2, 0.25) is 0 Å². The Kier molecular flexibility index (Phi) is 6.00. The van der Waals surface area contributed by atoms with Crippen molar-refractivity contribution >= 4 is 0 Å². The van der Waals surface area contributed by atoms with Crippen molar-refractivity contribution in [3.05, 3.63) is 29.8 Å². The van der Waals surface area contributed by atoms with Gasteiger partial charge in [0.15, 0.2) is 0 Å². The molecular formula is C16H23N3O2. The van der Waals surface area contributed by atoms with Crippen LogP contribution in [0.5, 0.6) is 5.75 Å². The van der Waals surface area contributed by atoms with Gasteiger partial charge in [-0.1, -0.05) is 19.1 Å². The van der Waals surface area contributed by atoms with Gasteiger partial charge >= 0.3 is 0 Å². The predicted molar refractivity (Wildman–Crippen MR) is 81.2 cm³/mol. The Morgan fingerprint density at radius 2 is 1.90 bits per heavy atom. The van der Waals surface area contributed by atoms with E-state index in [0.29, 0.717) is 17.9 Å². The molecule has 1 heterocycles. The summed E-state index contributed by atoms with van der Waals surface area (Å²) >= 11 is 0. The van der Waals surface area contributed by atoms with Gasteiger partial charge < -0.3 is 14.7 Å². The number of hydrogen-bond donors (Lipinski definition) is 1. The van der Waals surface area contributed by atoms with Gasteiger partial charge in [0, 0.05) is 32.7 Å². The number of rotatable bonds is 6. The second kappa shape index (κ2) is 7.99. The van der Waals surface area contributed by atoms with Crippen molar-refractivity contribution in [1.82, 2.24) is 9.80 Å². The Labute approximate surface area is 126 Å². The van der Waals surface area contributed by atoms with Crippen LogP contribution in [-0.4, -0.2) is 66.9 Å². The van der Waals surface area contributed by atoms with Crippen LogP contribution >= 0.6 is 0 Å². The molecule has 21 heavy (non-hydrogen) atoms. The number of likely N-dealkylation sites (N-methyl/N-ethyl adjacent to an activating group) is 1. The maximum Gasteiger partial charge on any atom is 0.137 e. The summed E-state index contributed by atoms with van der Waals surface area (Å²) in [6, 6.07) is 9.19. The fraction of sp³-hybridized carbons (Fsp3) is 0.562. The molecule has 5 heteroatoms. The van der Waals surface area contributed by atoms with Crippen LogP contribution in [0, 0.1) is 11.3 Å². The van der Waals surface area contributed by atoms with Crippen LogP contribution in [0.1, 0.15) is 12.5 Å². The molecule has 0 amide bonds. The van der Waals surface area contributed by atoms with Crippen LogP contribution in [0.25, 0.3) is 0 Å². The quantitative estimate of drug-likeness (QED) is 0.844. The second-order valence-corrected chi connectivity index (χ2v) is 5.31. The molecule has 1 aliphatic rings. The summed E-state index contributed by atoms with van der Waals surface area (Å²) < 4.78 is 5.56. The summed E-state index contributed by atoms with van der Waals surface area (Å²) in [5.41, 5.74) is 0.501. The van der Waals surface area contributed by atoms with Gasteiger partial charge in [-0.15, -0.1) is 0 Å². The molecule has 1 aromatic rings. The maximum absolute atomic E-state index is 10.1. The topological polar surface area (TPSA) is 59.7 Å². The molecule has 2 rings (SSSR count). The molecule has 0 bridgehead atoms. The fourth-order valence-electron chi connectivity index (χ4n) is 2.51. The molecular weight excluding hydrogens is 266 g/mol. The highest BCUT2D eigenvalue weighted by atomic mass is 16.5. The monoisotopic (exact) mass is 289 g/mol. The molecule has 5 nitrogen and oxygen atoms in total. The molecule has 1 fully saturated rings. The molecule has 0 radical (unpaired) electrons. The van der Waals surface area contributed by atoms with Crippen molar-refractivity contribution < 1.29 is 9.84 Å². The molecule has 0 aliphatic carbocycles. The normalized spacial score (nSPS) is 18.1. The Bertz CT molecular complexity index is 479. The summed E-state index contributed by atoms with van der Waals surface area (Å²) in [6.45, 7) is 8.18. The highest BCUT2D eigenvalue weighted by Gasteiger charge is 2.18. The largest absolute Gasteiger partial charge is 0.489 e. The van der Waals surface area contributed by atoms with Crippen LogP contribution in [0.4, 0.5) is 0 Å². The third kappa shape index (κ3) is 4.71. The molecule has 1 aromatic carbocycles. The van der Waals surface area contributed by atoms with Crippen molar-refractivity contribution in [2.75, 3.05) is 45.9 Å². The van der Waals surface area contributed by atoms with E-state index < -0.39 is 6.10 Å². The molecule has 1 aliphatic heterocycles. The van der Waals surface area contributed by atoms with Crippen LogP contribution < -0.4 is 4.74 Å². The highest BCUT2D eigenvalue weighted by Crippen LogP contribution is 2.16. The smallest absolute Gasteiger partial charge is 0.137 e. The van der Waals surface area contributed by atoms with E-state index in [1.54, 1.807) is 18.2 Å². The van der Waals surface area contributed by atoms with E-state index in [0.717, 1.165) is 32.7 Å². The zero-order valence-electron chi connectivity index (χ0n) is 12.5. The summed E-state index contributed by atoms with van der Waals surface area (Å²) in [5, 5.41) is 19.1. The van der Waals surface area contributed by atoms with Crippen LogP contribution in [-0.2, 0) is 0 Å². The number of para-hydroxylation sites is 1. The maximum atomic E-state index is 10.1. The van der Waals surface area contributed by atoms with Gasteiger partial charge in [0.1, 0.15) is 24.5 Å². The van der Waals surface area contributed by atoms with Crippen molar-refractivity contribution in [3.63, 3.8) is 0 Å². The van der Waals surface area contributed by atoms with Gasteiger partial charge in [-0.25, -0.2) is 0 Å². The molecule has 1 saturated heterocycles. The number of nitrogens with zero attached hydrogens (tertiary/aromatic N) is 3. The van der Waals surface area contributed by atoms with Gasteiger partial charge in [0.05, 0.1) is 5.56 Å². The van der Waals surface area contributed by atoms with Crippen molar-refractivity contribution in [1.29, 1.82) is 5.26 Å². The minimum atomic E-state index is -0.537. The van der Waals surface area contributed by atoms with E-state index >= 15 is 0 Å². The number of piperazine rings is 1. The van der Waals surface area contributed by atoms with Gasteiger partial charge in [0.25, 0.3) is 0 Å². The number of aliphatic hydroxyl groups excluding tert-OH is 1. The Morgan fingerprint density at radius 1 is 1.24 bits per heavy atom. The van der Waals surface area contributed by atoms with Crippen molar-refractivity contribution in [3.8, 4) is 11.8 Å². The first-order chi connectivity index (χ1) is 10.2. The molecule has 1 atom stereocenters. The van der Waals surface area contributed by atoms with Gasteiger partial charge in [-0.2, -0.15) is 5.26 Å². The van der Waals surface area contributed by atoms with E-state index in [2.05, 4.69) is 22.8 Å². The standard InChI is InChI=1S/C16H23N3O2/c1-2-18-7-9-19(10-8-18)12-15(20)13-21-16-6-4-3-5-14(16)11-17/h3-6,15,20H,2,7-10,12-13H2,1H3. The Hall–Kier alpha value is -1.61. The minimum absolute atomic E-state index is 0.215. The molecule has 114 valence electrons. The molecule has 1 unspecified atom stereocenters. The van der Waals surface area contributed by atoms with E-state index in [4.69, 9.17) is 10.00 Å². The molecule has 0 spiro atoms. The first-order valence-corrected chi connectivity index (χ1v) is 7.47. The summed E-state index contributed by atoms with van der Waals surface area (Å²) in [7, 11) is 0. The number of hydrogen-bond acceptors (Lipinski definition) is 5. The lowest BCUT2D eigenvalue weighted by Crippen LogP contribution is -2.49. The summed E-state index contributed by atoms with van der Waals surface area (Å²) in [4.78, 5) is 4.67. The summed E-state index contributed by atoms with van der Waals surface area (Å²) in [6.07, 6.45) is -0.537. The SMILES string of the molecule is CCN1CCN(CC(O)COc2ccccc2C#N)CC1. The Morgan fingerprint density at radius 3 is 2.57 bits per heavy atom. The first-order valence-electron chi connectivity index (χ1n) is 7.47. The second-order valence-electron chi connectivity index (χ2n) is 5.31. The highest BCUT2D eigenvalue weighted by molar-refractivity contribution is 5.42. The third-order valence-electron chi connectivity index (χ3n) is 3.82. The van der Waals surface area contributed by atoms with Gasteiger partial charge in [-0.05, 0) is 18.7 Å². The van der Waals surface area contributed by atoms with Crippen LogP contribution in [0.15, 0.2) is 24.3 Å². The van der Waals surface area contributed by atoms with E-state index in [9.17, 15) is 5.11 Å². The predicted octanol–water partition coefficient (Wildman–Crippen LogP) is 0.935. The number of β-amino-alcohol motifs (C(OH)–C–C–N with tert-alkyl or cyclic N) is 1. The fourth-order valence-corrected chi connectivity index (χ4v) is 2.51. The zero-order valence-corrected chi connectivity index (χ0v) is 12.5. The number of aliphatic hydroxyl groups is 1. The molecule has 0 aromatic heterocycles. The van der Waals surface area contributed by atoms with Gasteiger partial charge in [0.2, 0.25) is 0 Å². The molecule has 1 N–H and O–H groups in total. The minimum Gasteiger partial charge on any atom is -0.489 e. The van der Waals surface area contributed by atoms with Crippen LogP contribution in [0.3, 0.4) is 0 Å².